The Balaban J connectivity index is 2.45. The zero-order valence-electron chi connectivity index (χ0n) is 8.96. The van der Waals surface area contributed by atoms with Gasteiger partial charge in [-0.25, -0.2) is 4.98 Å². The third-order valence-electron chi connectivity index (χ3n) is 2.70. The van der Waals surface area contributed by atoms with E-state index in [0.717, 1.165) is 24.2 Å². The van der Waals surface area contributed by atoms with Gasteiger partial charge < -0.3 is 15.0 Å². The highest BCUT2D eigenvalue weighted by molar-refractivity contribution is 5.21. The van der Waals surface area contributed by atoms with E-state index in [4.69, 9.17) is 4.74 Å². The van der Waals surface area contributed by atoms with Crippen molar-refractivity contribution in [2.75, 3.05) is 13.7 Å². The van der Waals surface area contributed by atoms with Crippen LogP contribution in [0.2, 0.25) is 0 Å². The number of ether oxygens (including phenoxy) is 1. The number of nitrogens with zero attached hydrogens (tertiary/aromatic N) is 1. The fraction of sp³-hybridized carbons (Fsp3) is 0.600. The molecular weight excluding hydrogens is 194 g/mol. The molecule has 5 nitrogen and oxygen atoms in total. The number of fused-ring (bicyclic) bond motifs is 1. The van der Waals surface area contributed by atoms with Gasteiger partial charge in [0.25, 0.3) is 5.56 Å². The average molecular weight is 209 g/mol. The van der Waals surface area contributed by atoms with Crippen LogP contribution < -0.4 is 10.9 Å². The first-order chi connectivity index (χ1) is 7.22. The Bertz CT molecular complexity index is 414. The Morgan fingerprint density at radius 2 is 2.33 bits per heavy atom. The molecule has 5 heteroatoms. The summed E-state index contributed by atoms with van der Waals surface area (Å²) in [6, 6.07) is 0. The van der Waals surface area contributed by atoms with Gasteiger partial charge in [-0.1, -0.05) is 0 Å². The fourth-order valence-corrected chi connectivity index (χ4v) is 1.69. The molecule has 0 amide bonds. The van der Waals surface area contributed by atoms with Crippen molar-refractivity contribution in [2.45, 2.75) is 26.0 Å². The maximum atomic E-state index is 11.7. The van der Waals surface area contributed by atoms with E-state index in [1.54, 1.807) is 7.11 Å². The molecule has 1 atom stereocenters. The summed E-state index contributed by atoms with van der Waals surface area (Å²) in [5.41, 5.74) is 1.63. The van der Waals surface area contributed by atoms with Crippen LogP contribution in [-0.2, 0) is 17.7 Å². The Morgan fingerprint density at radius 3 is 3.07 bits per heavy atom. The molecule has 0 saturated carbocycles. The monoisotopic (exact) mass is 209 g/mol. The minimum atomic E-state index is -0.176. The topological polar surface area (TPSA) is 67.0 Å². The molecule has 0 radical (unpaired) electrons. The normalized spacial score (nSPS) is 17.2. The summed E-state index contributed by atoms with van der Waals surface area (Å²) >= 11 is 0. The fourth-order valence-electron chi connectivity index (χ4n) is 1.69. The van der Waals surface area contributed by atoms with Crippen LogP contribution in [0.5, 0.6) is 0 Å². The molecule has 2 N–H and O–H groups in total. The van der Waals surface area contributed by atoms with E-state index in [2.05, 4.69) is 15.3 Å². The molecule has 1 aliphatic heterocycles. The lowest BCUT2D eigenvalue weighted by atomic mass is 10.1. The molecule has 0 aromatic carbocycles. The van der Waals surface area contributed by atoms with Gasteiger partial charge in [0.1, 0.15) is 11.9 Å². The van der Waals surface area contributed by atoms with Crippen molar-refractivity contribution in [3.8, 4) is 0 Å². The zero-order valence-corrected chi connectivity index (χ0v) is 8.96. The highest BCUT2D eigenvalue weighted by Gasteiger charge is 2.17. The largest absolute Gasteiger partial charge is 0.374 e. The van der Waals surface area contributed by atoms with Crippen molar-refractivity contribution < 1.29 is 4.74 Å². The first kappa shape index (κ1) is 10.3. The standard InChI is InChI=1S/C10H15N3O2/c1-6(15-2)9-12-8-5-11-4-3-7(8)10(14)13-9/h6,11H,3-5H2,1-2H3,(H,12,13,14). The molecular formula is C10H15N3O2. The molecule has 15 heavy (non-hydrogen) atoms. The van der Waals surface area contributed by atoms with Crippen LogP contribution in [0.4, 0.5) is 0 Å². The maximum absolute atomic E-state index is 11.7. The van der Waals surface area contributed by atoms with Gasteiger partial charge in [-0.05, 0) is 19.9 Å². The number of hydrogen-bond acceptors (Lipinski definition) is 4. The van der Waals surface area contributed by atoms with E-state index >= 15 is 0 Å². The van der Waals surface area contributed by atoms with Gasteiger partial charge in [0.15, 0.2) is 0 Å². The molecule has 0 bridgehead atoms. The second-order valence-electron chi connectivity index (χ2n) is 3.68. The molecule has 0 spiro atoms. The maximum Gasteiger partial charge on any atom is 0.254 e. The molecule has 1 aromatic heterocycles. The van der Waals surface area contributed by atoms with Gasteiger partial charge in [0.2, 0.25) is 0 Å². The lowest BCUT2D eigenvalue weighted by molar-refractivity contribution is 0.111. The number of H-pyrrole nitrogens is 1. The predicted molar refractivity (Wildman–Crippen MR) is 55.7 cm³/mol. The van der Waals surface area contributed by atoms with Gasteiger partial charge in [-0.2, -0.15) is 0 Å². The Kier molecular flexibility index (Phi) is 2.83. The van der Waals surface area contributed by atoms with Gasteiger partial charge in [0, 0.05) is 19.2 Å². The minimum Gasteiger partial charge on any atom is -0.374 e. The second kappa shape index (κ2) is 4.12. The summed E-state index contributed by atoms with van der Waals surface area (Å²) in [4.78, 5) is 18.9. The van der Waals surface area contributed by atoms with Crippen LogP contribution in [0.15, 0.2) is 4.79 Å². The third-order valence-corrected chi connectivity index (χ3v) is 2.70. The summed E-state index contributed by atoms with van der Waals surface area (Å²) < 4.78 is 5.13. The number of hydrogen-bond donors (Lipinski definition) is 2. The van der Waals surface area contributed by atoms with Crippen molar-refractivity contribution in [3.63, 3.8) is 0 Å². The highest BCUT2D eigenvalue weighted by Crippen LogP contribution is 2.12. The number of rotatable bonds is 2. The predicted octanol–water partition coefficient (Wildman–Crippen LogP) is 0.123. The van der Waals surface area contributed by atoms with Crippen molar-refractivity contribution in [3.05, 3.63) is 27.4 Å². The lowest BCUT2D eigenvalue weighted by Crippen LogP contribution is -2.32. The van der Waals surface area contributed by atoms with E-state index in [9.17, 15) is 4.79 Å². The van der Waals surface area contributed by atoms with Gasteiger partial charge >= 0.3 is 0 Å². The first-order valence-electron chi connectivity index (χ1n) is 5.08. The second-order valence-corrected chi connectivity index (χ2v) is 3.68. The van der Waals surface area contributed by atoms with Gasteiger partial charge in [0.05, 0.1) is 5.69 Å². The summed E-state index contributed by atoms with van der Waals surface area (Å²) in [7, 11) is 1.60. The van der Waals surface area contributed by atoms with Crippen LogP contribution in [-0.4, -0.2) is 23.6 Å². The Labute approximate surface area is 87.9 Å². The van der Waals surface area contributed by atoms with E-state index in [-0.39, 0.29) is 11.7 Å². The molecule has 82 valence electrons. The summed E-state index contributed by atoms with van der Waals surface area (Å²) in [5, 5.41) is 3.20. The zero-order chi connectivity index (χ0) is 10.8. The molecule has 0 aliphatic carbocycles. The van der Waals surface area contributed by atoms with E-state index in [1.807, 2.05) is 6.92 Å². The summed E-state index contributed by atoms with van der Waals surface area (Å²) in [6.45, 7) is 3.38. The molecule has 1 unspecified atom stereocenters. The number of aromatic amines is 1. The summed E-state index contributed by atoms with van der Waals surface area (Å²) in [6.07, 6.45) is 0.573. The summed E-state index contributed by atoms with van der Waals surface area (Å²) in [5.74, 6) is 0.602. The third kappa shape index (κ3) is 1.93. The smallest absolute Gasteiger partial charge is 0.254 e. The average Bonchev–Trinajstić information content (AvgIpc) is 2.28. The van der Waals surface area contributed by atoms with Crippen LogP contribution in [0.25, 0.3) is 0 Å². The quantitative estimate of drug-likeness (QED) is 0.726. The SMILES string of the molecule is COC(C)c1nc2c(c(=O)[nH]1)CCNC2. The number of aromatic nitrogens is 2. The number of nitrogens with one attached hydrogen (secondary N) is 2. The molecule has 2 rings (SSSR count). The lowest BCUT2D eigenvalue weighted by Gasteiger charge is -2.17. The Morgan fingerprint density at radius 1 is 1.53 bits per heavy atom. The van der Waals surface area contributed by atoms with Crippen molar-refractivity contribution in [2.24, 2.45) is 0 Å². The highest BCUT2D eigenvalue weighted by atomic mass is 16.5. The molecule has 1 aromatic rings. The van der Waals surface area contributed by atoms with Gasteiger partial charge in [-0.3, -0.25) is 4.79 Å². The molecule has 1 aliphatic rings. The first-order valence-corrected chi connectivity index (χ1v) is 5.08. The molecule has 2 heterocycles. The van der Waals surface area contributed by atoms with Crippen molar-refractivity contribution in [1.82, 2.24) is 15.3 Å². The number of methoxy groups -OCH3 is 1. The van der Waals surface area contributed by atoms with E-state index in [0.29, 0.717) is 12.4 Å². The molecule has 0 saturated heterocycles. The van der Waals surface area contributed by atoms with Crippen molar-refractivity contribution in [1.29, 1.82) is 0 Å². The van der Waals surface area contributed by atoms with E-state index < -0.39 is 0 Å². The molecule has 0 fully saturated rings. The van der Waals surface area contributed by atoms with Gasteiger partial charge in [-0.15, -0.1) is 0 Å². The van der Waals surface area contributed by atoms with E-state index in [1.165, 1.54) is 0 Å². The van der Waals surface area contributed by atoms with Crippen LogP contribution in [0.3, 0.4) is 0 Å². The van der Waals surface area contributed by atoms with Crippen LogP contribution in [0.1, 0.15) is 30.1 Å². The Hall–Kier alpha value is -1.20. The van der Waals surface area contributed by atoms with Crippen LogP contribution >= 0.6 is 0 Å². The van der Waals surface area contributed by atoms with Crippen molar-refractivity contribution >= 4 is 0 Å². The minimum absolute atomic E-state index is 0.0274. The van der Waals surface area contributed by atoms with Crippen LogP contribution in [0, 0.1) is 0 Å².